The van der Waals surface area contributed by atoms with Crippen molar-refractivity contribution in [1.29, 1.82) is 0 Å². The molecule has 45 heavy (non-hydrogen) atoms. The monoisotopic (exact) mass is 622 g/mol. The van der Waals surface area contributed by atoms with E-state index in [9.17, 15) is 9.59 Å². The lowest BCUT2D eigenvalue weighted by Gasteiger charge is -2.24. The van der Waals surface area contributed by atoms with Gasteiger partial charge in [-0.15, -0.1) is 0 Å². The van der Waals surface area contributed by atoms with Crippen molar-refractivity contribution in [2.75, 3.05) is 26.9 Å². The van der Waals surface area contributed by atoms with Crippen molar-refractivity contribution in [1.82, 2.24) is 9.88 Å². The molecule has 0 saturated heterocycles. The molecule has 1 heterocycles. The van der Waals surface area contributed by atoms with E-state index in [-0.39, 0.29) is 24.9 Å². The molecule has 0 radical (unpaired) electrons. The Morgan fingerprint density at radius 1 is 0.867 bits per heavy atom. The number of pyridine rings is 1. The fourth-order valence-corrected chi connectivity index (χ4v) is 5.35. The summed E-state index contributed by atoms with van der Waals surface area (Å²) >= 11 is 5.99. The van der Waals surface area contributed by atoms with Crippen molar-refractivity contribution in [3.8, 4) is 33.8 Å². The zero-order valence-electron chi connectivity index (χ0n) is 25.6. The summed E-state index contributed by atoms with van der Waals surface area (Å²) in [6.07, 6.45) is 1.93. The van der Waals surface area contributed by atoms with E-state index in [0.717, 1.165) is 44.3 Å². The number of methoxy groups -OCH3 is 1. The normalized spacial score (nSPS) is 10.8. The Balaban J connectivity index is 1.53. The zero-order chi connectivity index (χ0) is 31.8. The van der Waals surface area contributed by atoms with E-state index in [1.165, 1.54) is 0 Å². The minimum atomic E-state index is -0.293. The van der Waals surface area contributed by atoms with Crippen molar-refractivity contribution in [2.24, 2.45) is 0 Å². The van der Waals surface area contributed by atoms with Crippen LogP contribution in [0.4, 0.5) is 0 Å². The van der Waals surface area contributed by atoms with Gasteiger partial charge in [-0.3, -0.25) is 14.6 Å². The third-order valence-corrected chi connectivity index (χ3v) is 7.77. The van der Waals surface area contributed by atoms with E-state index in [4.69, 9.17) is 25.8 Å². The summed E-state index contributed by atoms with van der Waals surface area (Å²) < 4.78 is 16.7. The number of nitrogens with zero attached hydrogens (tertiary/aromatic N) is 2. The highest BCUT2D eigenvalue weighted by molar-refractivity contribution is 6.30. The standard InChI is InChI=1S/C37H35ClN2O5/c1-4-40(36(41)24-45-31-13-11-30(38)12-14-31)23-29-22-26(27-10-16-34-28(21-27)7-6-18-39-34)9-15-32(29)33-19-25(8-17-35(33)43-3)20-37(42)44-5-2/h6-19,21-22H,4-5,20,23-24H2,1-3H3. The van der Waals surface area contributed by atoms with Crippen LogP contribution in [0.15, 0.2) is 97.2 Å². The molecule has 1 aromatic heterocycles. The molecule has 8 heteroatoms. The number of fused-ring (bicyclic) bond motifs is 1. The molecule has 0 unspecified atom stereocenters. The molecular weight excluding hydrogens is 588 g/mol. The van der Waals surface area contributed by atoms with E-state index in [1.54, 1.807) is 49.4 Å². The molecule has 5 rings (SSSR count). The summed E-state index contributed by atoms with van der Waals surface area (Å²) in [7, 11) is 1.62. The van der Waals surface area contributed by atoms with Crippen LogP contribution < -0.4 is 9.47 Å². The molecule has 0 fully saturated rings. The van der Waals surface area contributed by atoms with Crippen molar-refractivity contribution in [3.05, 3.63) is 113 Å². The van der Waals surface area contributed by atoms with E-state index in [1.807, 2.05) is 49.4 Å². The summed E-state index contributed by atoms with van der Waals surface area (Å²) in [5, 5.41) is 1.64. The highest BCUT2D eigenvalue weighted by Crippen LogP contribution is 2.37. The summed E-state index contributed by atoms with van der Waals surface area (Å²) in [6.45, 7) is 4.76. The first kappa shape index (κ1) is 31.5. The second-order valence-electron chi connectivity index (χ2n) is 10.4. The van der Waals surface area contributed by atoms with Gasteiger partial charge in [0.05, 0.1) is 25.7 Å². The van der Waals surface area contributed by atoms with Gasteiger partial charge in [-0.1, -0.05) is 41.9 Å². The maximum absolute atomic E-state index is 13.4. The van der Waals surface area contributed by atoms with Crippen LogP contribution in [-0.2, 0) is 27.3 Å². The number of esters is 1. The molecule has 5 aromatic rings. The average Bonchev–Trinajstić information content (AvgIpc) is 3.06. The van der Waals surface area contributed by atoms with Crippen LogP contribution in [0, 0.1) is 0 Å². The van der Waals surface area contributed by atoms with Crippen LogP contribution in [0.25, 0.3) is 33.2 Å². The number of carbonyl (C=O) groups is 2. The number of hydrogen-bond acceptors (Lipinski definition) is 6. The number of benzene rings is 4. The van der Waals surface area contributed by atoms with Gasteiger partial charge in [0.15, 0.2) is 6.61 Å². The van der Waals surface area contributed by atoms with Gasteiger partial charge >= 0.3 is 5.97 Å². The molecule has 0 aliphatic rings. The van der Waals surface area contributed by atoms with E-state index in [0.29, 0.717) is 36.2 Å². The number of hydrogen-bond donors (Lipinski definition) is 0. The molecule has 0 spiro atoms. The maximum atomic E-state index is 13.4. The topological polar surface area (TPSA) is 78.0 Å². The van der Waals surface area contributed by atoms with Gasteiger partial charge in [0, 0.05) is 35.3 Å². The predicted octanol–water partition coefficient (Wildman–Crippen LogP) is 7.76. The van der Waals surface area contributed by atoms with Crippen LogP contribution in [0.5, 0.6) is 11.5 Å². The average molecular weight is 623 g/mol. The second kappa shape index (κ2) is 14.7. The fraction of sp³-hybridized carbons (Fsp3) is 0.216. The van der Waals surface area contributed by atoms with Gasteiger partial charge in [0.1, 0.15) is 11.5 Å². The van der Waals surface area contributed by atoms with Gasteiger partial charge in [-0.25, -0.2) is 0 Å². The number of carbonyl (C=O) groups excluding carboxylic acids is 2. The van der Waals surface area contributed by atoms with Crippen LogP contribution in [0.2, 0.25) is 5.02 Å². The minimum Gasteiger partial charge on any atom is -0.496 e. The number of ether oxygens (including phenoxy) is 3. The first-order valence-corrected chi connectivity index (χ1v) is 15.2. The van der Waals surface area contributed by atoms with Crippen molar-refractivity contribution in [3.63, 3.8) is 0 Å². The molecule has 230 valence electrons. The van der Waals surface area contributed by atoms with E-state index >= 15 is 0 Å². The molecule has 7 nitrogen and oxygen atoms in total. The van der Waals surface area contributed by atoms with Crippen LogP contribution in [-0.4, -0.2) is 48.6 Å². The lowest BCUT2D eigenvalue weighted by Crippen LogP contribution is -2.34. The number of amides is 1. The van der Waals surface area contributed by atoms with Crippen molar-refractivity contribution in [2.45, 2.75) is 26.8 Å². The van der Waals surface area contributed by atoms with E-state index in [2.05, 4.69) is 29.2 Å². The zero-order valence-corrected chi connectivity index (χ0v) is 26.3. The summed E-state index contributed by atoms with van der Waals surface area (Å²) in [6, 6.07) is 29.0. The van der Waals surface area contributed by atoms with Gasteiger partial charge in [0.2, 0.25) is 0 Å². The Kier molecular flexibility index (Phi) is 10.3. The molecular formula is C37H35ClN2O5. The lowest BCUT2D eigenvalue weighted by atomic mass is 9.92. The molecule has 1 amide bonds. The van der Waals surface area contributed by atoms with Crippen molar-refractivity contribution < 1.29 is 23.8 Å². The van der Waals surface area contributed by atoms with Gasteiger partial charge in [-0.05, 0) is 102 Å². The van der Waals surface area contributed by atoms with Crippen molar-refractivity contribution >= 4 is 34.4 Å². The first-order valence-electron chi connectivity index (χ1n) is 14.9. The number of aromatic nitrogens is 1. The van der Waals surface area contributed by atoms with Crippen LogP contribution >= 0.6 is 11.6 Å². The van der Waals surface area contributed by atoms with Crippen LogP contribution in [0.3, 0.4) is 0 Å². The predicted molar refractivity (Wildman–Crippen MR) is 178 cm³/mol. The molecule has 0 saturated carbocycles. The SMILES string of the molecule is CCOC(=O)Cc1ccc(OC)c(-c2ccc(-c3ccc4ncccc4c3)cc2CN(CC)C(=O)COc2ccc(Cl)cc2)c1. The Morgan fingerprint density at radius 2 is 1.64 bits per heavy atom. The fourth-order valence-electron chi connectivity index (χ4n) is 5.23. The number of rotatable bonds is 12. The number of likely N-dealkylation sites (N-methyl/N-ethyl adjacent to an activating group) is 1. The molecule has 4 aromatic carbocycles. The molecule has 0 N–H and O–H groups in total. The minimum absolute atomic E-state index is 0.111. The van der Waals surface area contributed by atoms with Crippen LogP contribution in [0.1, 0.15) is 25.0 Å². The van der Waals surface area contributed by atoms with Gasteiger partial charge < -0.3 is 19.1 Å². The summed E-state index contributed by atoms with van der Waals surface area (Å²) in [4.78, 5) is 31.9. The quantitative estimate of drug-likeness (QED) is 0.132. The molecule has 0 aliphatic heterocycles. The highest BCUT2D eigenvalue weighted by atomic mass is 35.5. The Labute approximate surface area is 268 Å². The Bertz CT molecular complexity index is 1810. The molecule has 0 bridgehead atoms. The lowest BCUT2D eigenvalue weighted by molar-refractivity contribution is -0.142. The summed E-state index contributed by atoms with van der Waals surface area (Å²) in [5.41, 5.74) is 6.41. The maximum Gasteiger partial charge on any atom is 0.310 e. The smallest absolute Gasteiger partial charge is 0.310 e. The van der Waals surface area contributed by atoms with Gasteiger partial charge in [-0.2, -0.15) is 0 Å². The molecule has 0 atom stereocenters. The Morgan fingerprint density at radius 3 is 2.40 bits per heavy atom. The van der Waals surface area contributed by atoms with E-state index < -0.39 is 0 Å². The highest BCUT2D eigenvalue weighted by Gasteiger charge is 2.19. The third-order valence-electron chi connectivity index (χ3n) is 7.52. The summed E-state index contributed by atoms with van der Waals surface area (Å²) in [5.74, 6) is 0.788. The second-order valence-corrected chi connectivity index (χ2v) is 10.9. The van der Waals surface area contributed by atoms with Gasteiger partial charge in [0.25, 0.3) is 5.91 Å². The molecule has 0 aliphatic carbocycles. The first-order chi connectivity index (χ1) is 21.9. The Hall–Kier alpha value is -4.88. The third kappa shape index (κ3) is 7.80. The number of halogens is 1. The largest absolute Gasteiger partial charge is 0.496 e.